The zero-order chi connectivity index (χ0) is 31.3. The number of fused-ring (bicyclic) bond motifs is 1. The number of likely N-dealkylation sites (N-methyl/N-ethyl adjacent to an activating group) is 1. The van der Waals surface area contributed by atoms with Gasteiger partial charge in [-0.05, 0) is 77.5 Å². The van der Waals surface area contributed by atoms with Crippen molar-refractivity contribution in [1.82, 2.24) is 19.4 Å². The second-order valence-electron chi connectivity index (χ2n) is 12.0. The number of anilines is 1. The Balaban J connectivity index is 1.45. The summed E-state index contributed by atoms with van der Waals surface area (Å²) in [7, 11) is 1.34. The minimum atomic E-state index is -4.99. The first-order chi connectivity index (χ1) is 20.0. The lowest BCUT2D eigenvalue weighted by Gasteiger charge is -2.35. The fourth-order valence-corrected chi connectivity index (χ4v) is 5.04. The fourth-order valence-electron chi connectivity index (χ4n) is 5.04. The van der Waals surface area contributed by atoms with Gasteiger partial charge in [-0.2, -0.15) is 0 Å². The Labute approximate surface area is 247 Å². The third-order valence-corrected chi connectivity index (χ3v) is 8.50. The zero-order valence-corrected chi connectivity index (χ0v) is 25.0. The molecule has 230 valence electrons. The molecule has 1 amide bonds. The minimum Gasteiger partial charge on any atom is -0.404 e. The van der Waals surface area contributed by atoms with Gasteiger partial charge in [-0.15, -0.1) is 13.2 Å². The lowest BCUT2D eigenvalue weighted by atomic mass is 9.79. The number of carbonyl (C=O) groups is 1. The number of hydrogen-bond donors (Lipinski definition) is 1. The molecule has 2 aliphatic heterocycles. The molecule has 1 N–H and O–H groups in total. The summed E-state index contributed by atoms with van der Waals surface area (Å²) in [6, 6.07) is 8.09. The van der Waals surface area contributed by atoms with E-state index in [1.165, 1.54) is 23.0 Å². The van der Waals surface area contributed by atoms with Gasteiger partial charge in [-0.25, -0.2) is 4.98 Å². The van der Waals surface area contributed by atoms with Crippen LogP contribution in [0.5, 0.6) is 5.75 Å². The highest BCUT2D eigenvalue weighted by Gasteiger charge is 2.51. The summed E-state index contributed by atoms with van der Waals surface area (Å²) in [5.41, 5.74) is -0.445. The summed E-state index contributed by atoms with van der Waals surface area (Å²) in [6.45, 7) is 12.3. The molecule has 3 aromatic rings. The Hall–Kier alpha value is -3.46. The van der Waals surface area contributed by atoms with Crippen molar-refractivity contribution in [2.24, 2.45) is 0 Å². The van der Waals surface area contributed by atoms with Gasteiger partial charge < -0.3 is 24.3 Å². The smallest absolute Gasteiger partial charge is 0.404 e. The number of carbonyl (C=O) groups excluding carboxylic acids is 1. The maximum Gasteiger partial charge on any atom is 0.573 e. The molecule has 1 aromatic heterocycles. The van der Waals surface area contributed by atoms with E-state index in [0.29, 0.717) is 24.1 Å². The predicted molar refractivity (Wildman–Crippen MR) is 157 cm³/mol. The van der Waals surface area contributed by atoms with Gasteiger partial charge in [0.15, 0.2) is 5.75 Å². The van der Waals surface area contributed by atoms with Gasteiger partial charge in [0.05, 0.1) is 39.5 Å². The van der Waals surface area contributed by atoms with Crippen LogP contribution < -0.4 is 21.1 Å². The number of nitrogens with one attached hydrogen (secondary N) is 1. The number of piperazine rings is 1. The van der Waals surface area contributed by atoms with Gasteiger partial charge in [-0.3, -0.25) is 19.1 Å². The quantitative estimate of drug-likeness (QED) is 0.431. The number of aromatic nitrogens is 2. The van der Waals surface area contributed by atoms with Crippen LogP contribution in [0.2, 0.25) is 0 Å². The first kappa shape index (κ1) is 31.0. The molecular weight excluding hydrogens is 566 g/mol. The van der Waals surface area contributed by atoms with Crippen LogP contribution in [0.4, 0.5) is 18.9 Å². The van der Waals surface area contributed by atoms with Gasteiger partial charge in [0.25, 0.3) is 5.56 Å². The van der Waals surface area contributed by atoms with E-state index in [4.69, 9.17) is 9.31 Å². The van der Waals surface area contributed by atoms with Crippen molar-refractivity contribution in [3.63, 3.8) is 0 Å². The molecule has 10 nitrogen and oxygen atoms in total. The summed E-state index contributed by atoms with van der Waals surface area (Å²) in [6.07, 6.45) is -3.70. The maximum absolute atomic E-state index is 13.5. The van der Waals surface area contributed by atoms with Crippen LogP contribution >= 0.6 is 0 Å². The third-order valence-electron chi connectivity index (χ3n) is 8.50. The van der Waals surface area contributed by atoms with Crippen LogP contribution in [0.15, 0.2) is 47.5 Å². The van der Waals surface area contributed by atoms with Gasteiger partial charge in [0, 0.05) is 26.2 Å². The van der Waals surface area contributed by atoms with Crippen molar-refractivity contribution >= 4 is 35.1 Å². The number of rotatable bonds is 6. The summed E-state index contributed by atoms with van der Waals surface area (Å²) in [5.74, 6) is -1.09. The molecule has 2 saturated heterocycles. The van der Waals surface area contributed by atoms with Crippen molar-refractivity contribution in [3.05, 3.63) is 53.1 Å². The van der Waals surface area contributed by atoms with Crippen molar-refractivity contribution in [2.45, 2.75) is 58.2 Å². The molecule has 2 aliphatic rings. The highest BCUT2D eigenvalue weighted by atomic mass is 19.4. The minimum absolute atomic E-state index is 0.200. The summed E-state index contributed by atoms with van der Waals surface area (Å²) >= 11 is 0. The lowest BCUT2D eigenvalue weighted by molar-refractivity contribution is -0.274. The molecule has 14 heteroatoms. The van der Waals surface area contributed by atoms with Crippen molar-refractivity contribution < 1.29 is 32.0 Å². The molecule has 0 saturated carbocycles. The van der Waals surface area contributed by atoms with E-state index in [1.807, 2.05) is 39.6 Å². The summed E-state index contributed by atoms with van der Waals surface area (Å²) < 4.78 is 57.2. The SMILES string of the molecule is CC(C(=O)Nc1cc(-n2cnc3cc(B4OC(C)(C)C(C)(C)O4)ccc3c2=O)ccc1OC(F)(F)F)N1CCN(C)CC1. The lowest BCUT2D eigenvalue weighted by Crippen LogP contribution is -2.51. The van der Waals surface area contributed by atoms with Crippen LogP contribution in [-0.2, 0) is 14.1 Å². The first-order valence-corrected chi connectivity index (χ1v) is 14.1. The van der Waals surface area contributed by atoms with E-state index >= 15 is 0 Å². The number of halogens is 3. The molecule has 5 rings (SSSR count). The molecule has 2 aromatic carbocycles. The normalized spacial score (nSPS) is 19.9. The molecule has 1 atom stereocenters. The second kappa shape index (κ2) is 11.2. The molecule has 43 heavy (non-hydrogen) atoms. The average Bonchev–Trinajstić information content (AvgIpc) is 3.15. The Morgan fingerprint density at radius 3 is 2.33 bits per heavy atom. The predicted octanol–water partition coefficient (Wildman–Crippen LogP) is 3.16. The number of ether oxygens (including phenoxy) is 1. The number of benzene rings is 2. The second-order valence-corrected chi connectivity index (χ2v) is 12.0. The number of hydrogen-bond acceptors (Lipinski definition) is 8. The molecule has 0 radical (unpaired) electrons. The van der Waals surface area contributed by atoms with Crippen LogP contribution in [-0.4, -0.2) is 89.2 Å². The highest BCUT2D eigenvalue weighted by Crippen LogP contribution is 2.37. The van der Waals surface area contributed by atoms with Gasteiger partial charge in [-0.1, -0.05) is 6.07 Å². The summed E-state index contributed by atoms with van der Waals surface area (Å²) in [4.78, 5) is 35.1. The summed E-state index contributed by atoms with van der Waals surface area (Å²) in [5, 5.41) is 2.86. The standard InChI is InChI=1S/C29H35BF3N5O5/c1-18(37-13-11-36(6)12-14-37)25(39)35-23-16-20(8-10-24(23)41-29(31,32)33)38-17-34-22-15-19(7-9-21(22)26(38)40)30-42-27(2,3)28(4,5)43-30/h7-10,15-18H,11-14H2,1-6H3,(H,35,39). The molecule has 0 bridgehead atoms. The van der Waals surface area contributed by atoms with Crippen molar-refractivity contribution in [2.75, 3.05) is 38.5 Å². The molecule has 3 heterocycles. The van der Waals surface area contributed by atoms with Gasteiger partial charge in [0.1, 0.15) is 6.33 Å². The largest absolute Gasteiger partial charge is 0.573 e. The van der Waals surface area contributed by atoms with Crippen LogP contribution in [0.1, 0.15) is 34.6 Å². The molecular formula is C29H35BF3N5O5. The van der Waals surface area contributed by atoms with Gasteiger partial charge in [0.2, 0.25) is 5.91 Å². The van der Waals surface area contributed by atoms with E-state index < -0.39 is 47.9 Å². The number of amides is 1. The van der Waals surface area contributed by atoms with Gasteiger partial charge >= 0.3 is 13.5 Å². The van der Waals surface area contributed by atoms with Crippen LogP contribution in [0, 0.1) is 0 Å². The monoisotopic (exact) mass is 601 g/mol. The molecule has 0 aliphatic carbocycles. The zero-order valence-electron chi connectivity index (χ0n) is 25.0. The number of nitrogens with zero attached hydrogens (tertiary/aromatic N) is 4. The Morgan fingerprint density at radius 1 is 1.05 bits per heavy atom. The van der Waals surface area contributed by atoms with E-state index in [0.717, 1.165) is 19.2 Å². The molecule has 0 spiro atoms. The first-order valence-electron chi connectivity index (χ1n) is 14.1. The van der Waals surface area contributed by atoms with Crippen molar-refractivity contribution in [1.29, 1.82) is 0 Å². The molecule has 2 fully saturated rings. The van der Waals surface area contributed by atoms with Crippen LogP contribution in [0.3, 0.4) is 0 Å². The van der Waals surface area contributed by atoms with E-state index in [1.54, 1.807) is 25.1 Å². The van der Waals surface area contributed by atoms with E-state index in [-0.39, 0.29) is 16.8 Å². The average molecular weight is 601 g/mol. The fraction of sp³-hybridized carbons (Fsp3) is 0.483. The number of alkyl halides is 3. The maximum atomic E-state index is 13.5. The Morgan fingerprint density at radius 2 is 1.70 bits per heavy atom. The highest BCUT2D eigenvalue weighted by molar-refractivity contribution is 6.62. The van der Waals surface area contributed by atoms with Crippen LogP contribution in [0.25, 0.3) is 16.6 Å². The Bertz CT molecular complexity index is 1570. The third kappa shape index (κ3) is 6.42. The molecule has 1 unspecified atom stereocenters. The topological polar surface area (TPSA) is 98.2 Å². The van der Waals surface area contributed by atoms with Crippen molar-refractivity contribution in [3.8, 4) is 11.4 Å². The van der Waals surface area contributed by atoms with E-state index in [2.05, 4.69) is 19.9 Å². The van der Waals surface area contributed by atoms with E-state index in [9.17, 15) is 22.8 Å². The Kier molecular flexibility index (Phi) is 8.10.